The van der Waals surface area contributed by atoms with Crippen molar-refractivity contribution in [2.75, 3.05) is 13.7 Å². The van der Waals surface area contributed by atoms with Gasteiger partial charge in [0.1, 0.15) is 0 Å². The van der Waals surface area contributed by atoms with Gasteiger partial charge in [-0.1, -0.05) is 0 Å². The monoisotopic (exact) mass is 99.1 g/mol. The van der Waals surface area contributed by atoms with Crippen molar-refractivity contribution in [3.63, 3.8) is 0 Å². The Morgan fingerprint density at radius 3 is 3.14 bits per heavy atom. The van der Waals surface area contributed by atoms with Crippen molar-refractivity contribution in [1.82, 2.24) is 5.32 Å². The van der Waals surface area contributed by atoms with E-state index in [1.807, 2.05) is 0 Å². The Labute approximate surface area is 42.4 Å². The van der Waals surface area contributed by atoms with E-state index in [1.54, 1.807) is 7.11 Å². The van der Waals surface area contributed by atoms with Crippen molar-refractivity contribution < 1.29 is 4.74 Å². The van der Waals surface area contributed by atoms with Crippen LogP contribution in [-0.2, 0) is 4.74 Å². The third kappa shape index (κ3) is 0.899. The first-order valence-electron chi connectivity index (χ1n) is 2.14. The van der Waals surface area contributed by atoms with Crippen LogP contribution in [0.2, 0.25) is 0 Å². The van der Waals surface area contributed by atoms with Crippen molar-refractivity contribution in [3.05, 3.63) is 0 Å². The normalized spacial score (nSPS) is 27.9. The number of ether oxygens (including phenoxy) is 1. The molecule has 0 spiro atoms. The lowest BCUT2D eigenvalue weighted by Crippen LogP contribution is -2.16. The third-order valence-corrected chi connectivity index (χ3v) is 0.836. The molecule has 0 saturated heterocycles. The summed E-state index contributed by atoms with van der Waals surface area (Å²) < 4.78 is 4.82. The average Bonchev–Trinajstić information content (AvgIpc) is 2.14. The molecule has 1 unspecified atom stereocenters. The summed E-state index contributed by atoms with van der Waals surface area (Å²) in [5.74, 6) is 0. The van der Waals surface area contributed by atoms with E-state index in [0.717, 1.165) is 6.54 Å². The molecule has 7 heavy (non-hydrogen) atoms. The Hall–Kier alpha value is -0.570. The van der Waals surface area contributed by atoms with Crippen molar-refractivity contribution in [2.24, 2.45) is 4.99 Å². The molecule has 1 atom stereocenters. The van der Waals surface area contributed by atoms with Gasteiger partial charge >= 0.3 is 0 Å². The largest absolute Gasteiger partial charge is 0.363 e. The molecular weight excluding hydrogens is 92.1 g/mol. The maximum absolute atomic E-state index is 4.82. The summed E-state index contributed by atoms with van der Waals surface area (Å²) in [4.78, 5) is 3.77. The SMILES string of the molecule is COC1CN[C]=N1. The van der Waals surface area contributed by atoms with Gasteiger partial charge in [0.2, 0.25) is 0 Å². The quantitative estimate of drug-likeness (QED) is 0.479. The van der Waals surface area contributed by atoms with Gasteiger partial charge in [0.15, 0.2) is 12.6 Å². The Balaban J connectivity index is 2.28. The van der Waals surface area contributed by atoms with E-state index in [1.165, 1.54) is 0 Å². The van der Waals surface area contributed by atoms with Gasteiger partial charge in [0, 0.05) is 7.11 Å². The number of hydrogen-bond donors (Lipinski definition) is 1. The summed E-state index contributed by atoms with van der Waals surface area (Å²) in [7, 11) is 1.63. The van der Waals surface area contributed by atoms with Gasteiger partial charge in [-0.15, -0.1) is 0 Å². The summed E-state index contributed by atoms with van der Waals surface area (Å²) in [6, 6.07) is 0. The van der Waals surface area contributed by atoms with Crippen LogP contribution in [0.4, 0.5) is 0 Å². The molecule has 39 valence electrons. The summed E-state index contributed by atoms with van der Waals surface area (Å²) in [5, 5.41) is 2.78. The predicted molar refractivity (Wildman–Crippen MR) is 26.2 cm³/mol. The Morgan fingerprint density at radius 1 is 2.00 bits per heavy atom. The molecule has 0 fully saturated rings. The Bertz CT molecular complexity index is 81.8. The molecule has 1 rings (SSSR count). The highest BCUT2D eigenvalue weighted by Gasteiger charge is 2.05. The van der Waals surface area contributed by atoms with Crippen molar-refractivity contribution in [3.8, 4) is 0 Å². The van der Waals surface area contributed by atoms with Crippen molar-refractivity contribution in [2.45, 2.75) is 6.23 Å². The van der Waals surface area contributed by atoms with Crippen molar-refractivity contribution >= 4 is 6.34 Å². The molecule has 0 aromatic carbocycles. The molecule has 1 heterocycles. The van der Waals surface area contributed by atoms with Gasteiger partial charge in [-0.2, -0.15) is 0 Å². The molecular formula is C4H7N2O. The highest BCUT2D eigenvalue weighted by molar-refractivity contribution is 5.56. The molecule has 1 aliphatic rings. The smallest absolute Gasteiger partial charge is 0.167 e. The van der Waals surface area contributed by atoms with Crippen LogP contribution in [0.25, 0.3) is 0 Å². The number of nitrogens with one attached hydrogen (secondary N) is 1. The predicted octanol–water partition coefficient (Wildman–Crippen LogP) is -0.533. The van der Waals surface area contributed by atoms with Crippen molar-refractivity contribution in [1.29, 1.82) is 0 Å². The number of aliphatic imine (C=N–C) groups is 1. The highest BCUT2D eigenvalue weighted by Crippen LogP contribution is 1.91. The minimum absolute atomic E-state index is 0.000000000000000222. The highest BCUT2D eigenvalue weighted by atomic mass is 16.5. The summed E-state index contributed by atoms with van der Waals surface area (Å²) in [6.07, 6.45) is 2.57. The fourth-order valence-electron chi connectivity index (χ4n) is 0.432. The molecule has 1 N–H and O–H groups in total. The first kappa shape index (κ1) is 4.59. The second kappa shape index (κ2) is 1.93. The van der Waals surface area contributed by atoms with E-state index >= 15 is 0 Å². The summed E-state index contributed by atoms with van der Waals surface area (Å²) in [6.45, 7) is 0.760. The van der Waals surface area contributed by atoms with E-state index < -0.39 is 0 Å². The molecule has 3 heteroatoms. The average molecular weight is 99.1 g/mol. The third-order valence-electron chi connectivity index (χ3n) is 0.836. The van der Waals surface area contributed by atoms with Gasteiger partial charge in [-0.25, -0.2) is 4.99 Å². The fourth-order valence-corrected chi connectivity index (χ4v) is 0.432. The molecule has 3 nitrogen and oxygen atoms in total. The van der Waals surface area contributed by atoms with Crippen LogP contribution < -0.4 is 5.32 Å². The summed E-state index contributed by atoms with van der Waals surface area (Å²) >= 11 is 0. The van der Waals surface area contributed by atoms with Gasteiger partial charge in [0.05, 0.1) is 6.54 Å². The number of nitrogens with zero attached hydrogens (tertiary/aromatic N) is 1. The van der Waals surface area contributed by atoms with E-state index in [4.69, 9.17) is 4.74 Å². The molecule has 0 bridgehead atoms. The first-order valence-corrected chi connectivity index (χ1v) is 2.14. The van der Waals surface area contributed by atoms with E-state index in [0.29, 0.717) is 0 Å². The topological polar surface area (TPSA) is 33.6 Å². The lowest BCUT2D eigenvalue weighted by atomic mass is 10.6. The molecule has 0 amide bonds. The number of rotatable bonds is 1. The van der Waals surface area contributed by atoms with Crippen LogP contribution in [0.3, 0.4) is 0 Å². The van der Waals surface area contributed by atoms with Crippen LogP contribution in [0.15, 0.2) is 4.99 Å². The molecule has 1 aliphatic heterocycles. The number of hydrogen-bond acceptors (Lipinski definition) is 3. The Kier molecular flexibility index (Phi) is 1.26. The van der Waals surface area contributed by atoms with Gasteiger partial charge in [-0.05, 0) is 0 Å². The lowest BCUT2D eigenvalue weighted by Gasteiger charge is -1.98. The Morgan fingerprint density at radius 2 is 2.86 bits per heavy atom. The van der Waals surface area contributed by atoms with Gasteiger partial charge in [-0.3, -0.25) is 0 Å². The number of methoxy groups -OCH3 is 1. The molecule has 0 aliphatic carbocycles. The molecule has 0 aromatic rings. The second-order valence-corrected chi connectivity index (χ2v) is 1.31. The standard InChI is InChI=1S/C4H7N2O/c1-7-4-2-5-3-6-4/h4H,2H2,1H3,(H,5,6). The van der Waals surface area contributed by atoms with Crippen LogP contribution in [0.1, 0.15) is 0 Å². The zero-order chi connectivity index (χ0) is 5.11. The lowest BCUT2D eigenvalue weighted by molar-refractivity contribution is 0.121. The fraction of sp³-hybridized carbons (Fsp3) is 0.750. The minimum atomic E-state index is -0.000000000000000222. The summed E-state index contributed by atoms with van der Waals surface area (Å²) in [5.41, 5.74) is 0. The van der Waals surface area contributed by atoms with Gasteiger partial charge < -0.3 is 10.1 Å². The molecule has 1 radical (unpaired) electrons. The second-order valence-electron chi connectivity index (χ2n) is 1.31. The molecule has 0 aromatic heterocycles. The minimum Gasteiger partial charge on any atom is -0.363 e. The van der Waals surface area contributed by atoms with Crippen LogP contribution >= 0.6 is 0 Å². The van der Waals surface area contributed by atoms with Crippen LogP contribution in [0, 0.1) is 0 Å². The maximum Gasteiger partial charge on any atom is 0.167 e. The molecule has 0 saturated carbocycles. The maximum atomic E-state index is 4.82. The first-order chi connectivity index (χ1) is 3.43. The van der Waals surface area contributed by atoms with Crippen LogP contribution in [-0.4, -0.2) is 26.2 Å². The van der Waals surface area contributed by atoms with E-state index in [-0.39, 0.29) is 6.23 Å². The van der Waals surface area contributed by atoms with Crippen LogP contribution in [0.5, 0.6) is 0 Å². The van der Waals surface area contributed by atoms with Gasteiger partial charge in [0.25, 0.3) is 0 Å². The zero-order valence-electron chi connectivity index (χ0n) is 4.14. The van der Waals surface area contributed by atoms with E-state index in [2.05, 4.69) is 16.6 Å². The van der Waals surface area contributed by atoms with E-state index in [9.17, 15) is 0 Å². The zero-order valence-corrected chi connectivity index (χ0v) is 4.14.